The maximum atomic E-state index is 12.8. The summed E-state index contributed by atoms with van der Waals surface area (Å²) < 4.78 is 5.46. The molecule has 2 heterocycles. The fraction of sp³-hybridized carbons (Fsp3) is 0.263. The van der Waals surface area contributed by atoms with E-state index in [9.17, 15) is 9.59 Å². The Balaban J connectivity index is 1.79. The van der Waals surface area contributed by atoms with Crippen LogP contribution < -0.4 is 4.74 Å². The van der Waals surface area contributed by atoms with Crippen LogP contribution in [0.2, 0.25) is 0 Å². The van der Waals surface area contributed by atoms with Crippen LogP contribution >= 0.6 is 23.1 Å². The van der Waals surface area contributed by atoms with E-state index < -0.39 is 5.97 Å². The van der Waals surface area contributed by atoms with Crippen molar-refractivity contribution in [2.45, 2.75) is 19.8 Å². The van der Waals surface area contributed by atoms with Crippen molar-refractivity contribution in [1.29, 1.82) is 0 Å². The van der Waals surface area contributed by atoms with Crippen LogP contribution in [0, 0.1) is 0 Å². The highest BCUT2D eigenvalue weighted by Crippen LogP contribution is 2.34. The molecule has 28 heavy (non-hydrogen) atoms. The van der Waals surface area contributed by atoms with E-state index in [4.69, 9.17) is 9.84 Å². The van der Waals surface area contributed by atoms with Crippen LogP contribution in [-0.4, -0.2) is 45.2 Å². The molecule has 1 aliphatic rings. The van der Waals surface area contributed by atoms with Crippen LogP contribution in [-0.2, 0) is 9.59 Å². The zero-order chi connectivity index (χ0) is 19.9. The van der Waals surface area contributed by atoms with Crippen molar-refractivity contribution in [3.8, 4) is 5.75 Å². The molecule has 1 aliphatic heterocycles. The van der Waals surface area contributed by atoms with Crippen molar-refractivity contribution in [1.82, 2.24) is 9.88 Å². The van der Waals surface area contributed by atoms with Gasteiger partial charge in [-0.2, -0.15) is 4.99 Å². The zero-order valence-electron chi connectivity index (χ0n) is 15.2. The zero-order valence-corrected chi connectivity index (χ0v) is 16.8. The lowest BCUT2D eigenvalue weighted by atomic mass is 10.2. The second-order valence-corrected chi connectivity index (χ2v) is 7.72. The first kappa shape index (κ1) is 20.1. The van der Waals surface area contributed by atoms with Crippen molar-refractivity contribution >= 4 is 51.4 Å². The highest BCUT2D eigenvalue weighted by Gasteiger charge is 2.33. The summed E-state index contributed by atoms with van der Waals surface area (Å²) in [6.45, 7) is 2.70. The van der Waals surface area contributed by atoms with Gasteiger partial charge in [0.05, 0.1) is 17.9 Å². The number of ether oxygens (including phenoxy) is 1. The van der Waals surface area contributed by atoms with Gasteiger partial charge in [-0.15, -0.1) is 11.3 Å². The maximum Gasteiger partial charge on any atom is 0.306 e. The molecular formula is C19H19N3O4S2. The first-order valence-corrected chi connectivity index (χ1v) is 10.4. The first-order chi connectivity index (χ1) is 13.6. The number of aliphatic carboxylic acids is 1. The Morgan fingerprint density at radius 1 is 1.43 bits per heavy atom. The fourth-order valence-electron chi connectivity index (χ4n) is 2.47. The number of carboxylic acids is 1. The number of aliphatic imine (C=N–C) groups is 1. The monoisotopic (exact) mass is 417 g/mol. The number of aromatic nitrogens is 1. The number of rotatable bonds is 8. The number of carboxylic acid groups (broad SMARTS) is 1. The van der Waals surface area contributed by atoms with Gasteiger partial charge in [-0.05, 0) is 42.0 Å². The topological polar surface area (TPSA) is 92.1 Å². The molecule has 1 N–H and O–H groups in total. The summed E-state index contributed by atoms with van der Waals surface area (Å²) in [6.07, 6.45) is 4.23. The highest BCUT2D eigenvalue weighted by atomic mass is 32.2. The van der Waals surface area contributed by atoms with Crippen LogP contribution in [0.4, 0.5) is 5.13 Å². The largest absolute Gasteiger partial charge is 0.493 e. The Morgan fingerprint density at radius 2 is 2.29 bits per heavy atom. The summed E-state index contributed by atoms with van der Waals surface area (Å²) in [5.74, 6) is -0.429. The number of carbonyl (C=O) groups excluding carboxylic acids is 1. The Labute approximate surface area is 170 Å². The molecule has 0 bridgehead atoms. The van der Waals surface area contributed by atoms with E-state index in [0.717, 1.165) is 12.0 Å². The van der Waals surface area contributed by atoms with Crippen molar-refractivity contribution in [2.24, 2.45) is 4.99 Å². The molecule has 1 aromatic carbocycles. The molecule has 146 valence electrons. The molecule has 0 atom stereocenters. The van der Waals surface area contributed by atoms with Crippen LogP contribution in [0.15, 0.2) is 45.7 Å². The van der Waals surface area contributed by atoms with Gasteiger partial charge >= 0.3 is 5.97 Å². The Kier molecular flexibility index (Phi) is 6.83. The van der Waals surface area contributed by atoms with Gasteiger partial charge in [0, 0.05) is 18.1 Å². The Bertz CT molecular complexity index is 910. The third kappa shape index (κ3) is 5.20. The van der Waals surface area contributed by atoms with Gasteiger partial charge in [0.15, 0.2) is 5.17 Å². The van der Waals surface area contributed by atoms with Crippen LogP contribution in [0.5, 0.6) is 5.75 Å². The van der Waals surface area contributed by atoms with Gasteiger partial charge in [0.2, 0.25) is 5.13 Å². The van der Waals surface area contributed by atoms with E-state index in [1.165, 1.54) is 23.1 Å². The van der Waals surface area contributed by atoms with Gasteiger partial charge in [-0.25, -0.2) is 4.98 Å². The third-order valence-electron chi connectivity index (χ3n) is 3.69. The van der Waals surface area contributed by atoms with Gasteiger partial charge in [-0.1, -0.05) is 19.1 Å². The Hall–Kier alpha value is -2.65. The van der Waals surface area contributed by atoms with Gasteiger partial charge in [-0.3, -0.25) is 14.5 Å². The minimum atomic E-state index is -0.908. The summed E-state index contributed by atoms with van der Waals surface area (Å²) in [6, 6.07) is 7.21. The van der Waals surface area contributed by atoms with Gasteiger partial charge in [0.1, 0.15) is 5.75 Å². The molecule has 0 unspecified atom stereocenters. The standard InChI is InChI=1S/C19H19N3O4S2/c1-2-8-22-17(25)15(28-19(22)21-18-20-7-10-27-18)12-13-4-3-5-14(11-13)26-9-6-16(23)24/h3-5,7,10-12H,2,6,8-9H2,1H3,(H,23,24)/b15-12+,21-19+. The molecule has 0 spiro atoms. The molecule has 1 fully saturated rings. The number of hydrogen-bond acceptors (Lipinski definition) is 7. The molecule has 2 aromatic rings. The molecule has 0 saturated carbocycles. The van der Waals surface area contributed by atoms with Crippen LogP contribution in [0.1, 0.15) is 25.3 Å². The second-order valence-electron chi connectivity index (χ2n) is 5.84. The average Bonchev–Trinajstić information content (AvgIpc) is 3.26. The van der Waals surface area contributed by atoms with E-state index in [1.807, 2.05) is 18.4 Å². The number of thiazole rings is 1. The number of amides is 1. The van der Waals surface area contributed by atoms with E-state index in [1.54, 1.807) is 35.4 Å². The lowest BCUT2D eigenvalue weighted by Crippen LogP contribution is -2.29. The quantitative estimate of drug-likeness (QED) is 0.653. The number of nitrogens with zero attached hydrogens (tertiary/aromatic N) is 3. The number of hydrogen-bond donors (Lipinski definition) is 1. The summed E-state index contributed by atoms with van der Waals surface area (Å²) in [7, 11) is 0. The van der Waals surface area contributed by atoms with E-state index in [0.29, 0.717) is 27.5 Å². The lowest BCUT2D eigenvalue weighted by Gasteiger charge is -2.13. The summed E-state index contributed by atoms with van der Waals surface area (Å²) >= 11 is 2.74. The maximum absolute atomic E-state index is 12.8. The smallest absolute Gasteiger partial charge is 0.306 e. The number of thioether (sulfide) groups is 1. The van der Waals surface area contributed by atoms with Crippen molar-refractivity contribution in [2.75, 3.05) is 13.2 Å². The van der Waals surface area contributed by atoms with Crippen LogP contribution in [0.3, 0.4) is 0 Å². The molecule has 1 saturated heterocycles. The predicted molar refractivity (Wildman–Crippen MR) is 111 cm³/mol. The van der Waals surface area contributed by atoms with Gasteiger partial charge in [0.25, 0.3) is 5.91 Å². The van der Waals surface area contributed by atoms with E-state index >= 15 is 0 Å². The predicted octanol–water partition coefficient (Wildman–Crippen LogP) is 4.01. The molecule has 0 aliphatic carbocycles. The fourth-order valence-corrected chi connectivity index (χ4v) is 4.03. The minimum Gasteiger partial charge on any atom is -0.493 e. The lowest BCUT2D eigenvalue weighted by molar-refractivity contribution is -0.137. The molecule has 1 aromatic heterocycles. The van der Waals surface area contributed by atoms with E-state index in [-0.39, 0.29) is 18.9 Å². The number of carbonyl (C=O) groups is 2. The molecule has 3 rings (SSSR count). The van der Waals surface area contributed by atoms with Gasteiger partial charge < -0.3 is 9.84 Å². The van der Waals surface area contributed by atoms with Crippen molar-refractivity contribution in [3.63, 3.8) is 0 Å². The highest BCUT2D eigenvalue weighted by molar-refractivity contribution is 8.18. The molecule has 0 radical (unpaired) electrons. The second kappa shape index (κ2) is 9.52. The minimum absolute atomic E-state index is 0.0672. The average molecular weight is 418 g/mol. The molecular weight excluding hydrogens is 398 g/mol. The van der Waals surface area contributed by atoms with Crippen molar-refractivity contribution in [3.05, 3.63) is 46.3 Å². The number of benzene rings is 1. The van der Waals surface area contributed by atoms with E-state index in [2.05, 4.69) is 9.98 Å². The molecule has 1 amide bonds. The number of amidine groups is 1. The third-order valence-corrected chi connectivity index (χ3v) is 5.36. The van der Waals surface area contributed by atoms with Crippen LogP contribution in [0.25, 0.3) is 6.08 Å². The summed E-state index contributed by atoms with van der Waals surface area (Å²) in [4.78, 5) is 34.3. The SMILES string of the molecule is CCCN1C(=O)/C(=C\c2cccc(OCCC(=O)O)c2)S/C1=N/c1nccs1. The first-order valence-electron chi connectivity index (χ1n) is 8.71. The molecule has 7 nitrogen and oxygen atoms in total. The summed E-state index contributed by atoms with van der Waals surface area (Å²) in [5, 5.41) is 11.8. The normalized spacial score (nSPS) is 16.9. The summed E-state index contributed by atoms with van der Waals surface area (Å²) in [5.41, 5.74) is 0.802. The Morgan fingerprint density at radius 3 is 3.00 bits per heavy atom. The van der Waals surface area contributed by atoms with Crippen molar-refractivity contribution < 1.29 is 19.4 Å². The molecule has 9 heteroatoms.